The third-order valence-electron chi connectivity index (χ3n) is 0. The molecule has 0 atom stereocenters. The van der Waals surface area contributed by atoms with Crippen molar-refractivity contribution in [3.63, 3.8) is 0 Å². The van der Waals surface area contributed by atoms with Crippen molar-refractivity contribution in [2.24, 2.45) is 0 Å². The minimum absolute atomic E-state index is 0. The van der Waals surface area contributed by atoms with Crippen LogP contribution in [0.15, 0.2) is 0 Å². The molecule has 0 saturated carbocycles. The van der Waals surface area contributed by atoms with Gasteiger partial charge in [-0.3, -0.25) is 0 Å². The van der Waals surface area contributed by atoms with Crippen molar-refractivity contribution in [3.8, 4) is 0 Å². The van der Waals surface area contributed by atoms with Crippen molar-refractivity contribution in [1.29, 1.82) is 0 Å². The van der Waals surface area contributed by atoms with E-state index in [1.807, 2.05) is 0 Å². The largest absolute Gasteiger partial charge is 0 e. The van der Waals surface area contributed by atoms with Gasteiger partial charge in [-0.05, 0) is 0 Å². The van der Waals surface area contributed by atoms with Crippen LogP contribution in [-0.2, 0) is 39.9 Å². The van der Waals surface area contributed by atoms with Gasteiger partial charge in [0.25, 0.3) is 0 Å². The van der Waals surface area contributed by atoms with E-state index in [9.17, 15) is 0 Å². The molecule has 0 heterocycles. The van der Waals surface area contributed by atoms with Gasteiger partial charge in [-0.2, -0.15) is 0 Å². The molecule has 0 aromatic heterocycles. The molecular formula is H7AlMgPbReRu. The Morgan fingerprint density at radius 1 is 1.20 bits per heavy atom. The first kappa shape index (κ1) is 39.0. The molecule has 3 radical (unpaired) electrons. The first-order valence-electron chi connectivity index (χ1n) is 0. The molecule has 0 N–H and O–H groups in total. The van der Waals surface area contributed by atoms with E-state index in [0.717, 1.165) is 0 Å². The molecule has 0 unspecified atom stereocenters. The van der Waals surface area contributed by atoms with Crippen molar-refractivity contribution < 1.29 is 42.8 Å². The summed E-state index contributed by atoms with van der Waals surface area (Å²) in [6, 6.07) is 0. The molecule has 5 heteroatoms. The van der Waals surface area contributed by atoms with E-state index in [0.29, 0.717) is 0 Å². The number of hydrogen-bond donors (Lipinski definition) is 0. The molecule has 0 aliphatic heterocycles. The van der Waals surface area contributed by atoms with Crippen LogP contribution >= 0.6 is 0 Å². The van der Waals surface area contributed by atoms with Crippen LogP contribution in [0.5, 0.6) is 0 Å². The second kappa shape index (κ2) is 25.8. The zero-order chi connectivity index (χ0) is 0. The predicted molar refractivity (Wildman–Crippen MR) is 26.5 cm³/mol. The summed E-state index contributed by atoms with van der Waals surface area (Å²) in [5.74, 6) is 0. The quantitative estimate of drug-likeness (QED) is 0.298. The van der Waals surface area contributed by atoms with Crippen LogP contribution < -0.4 is 0 Å². The Morgan fingerprint density at radius 2 is 1.20 bits per heavy atom. The molecule has 0 aliphatic carbocycles. The summed E-state index contributed by atoms with van der Waals surface area (Å²) >= 11 is 0. The van der Waals surface area contributed by atoms with E-state index in [2.05, 4.69) is 0 Å². The molecule has 0 rings (SSSR count). The molecule has 0 bridgehead atoms. The second-order valence-electron chi connectivity index (χ2n) is 0. The third-order valence-corrected chi connectivity index (χ3v) is 0. The maximum Gasteiger partial charge on any atom is 0 e. The Balaban J connectivity index is 0. The summed E-state index contributed by atoms with van der Waals surface area (Å²) in [7, 11) is 0. The van der Waals surface area contributed by atoms with E-state index in [1.54, 1.807) is 0 Å². The minimum atomic E-state index is 0. The van der Waals surface area contributed by atoms with Gasteiger partial charge in [-0.25, -0.2) is 0 Å². The average Bonchev–Trinajstić information content (AvgIpc) is 0. The summed E-state index contributed by atoms with van der Waals surface area (Å²) in [5, 5.41) is 0. The van der Waals surface area contributed by atoms with Crippen molar-refractivity contribution in [1.82, 2.24) is 0 Å². The maximum absolute atomic E-state index is 0. The SMILES string of the molecule is [AlH3].[H-].[H-].[Mg+2].[PbH2].[Re].[Ru]. The molecule has 0 spiro atoms. The Bertz CT molecular complexity index is 17.7. The maximum atomic E-state index is 0. The van der Waals surface area contributed by atoms with E-state index < -0.39 is 0 Å². The molecular weight excluding hydrogens is 546 g/mol. The Morgan fingerprint density at radius 3 is 1.20 bits per heavy atom. The summed E-state index contributed by atoms with van der Waals surface area (Å²) in [4.78, 5) is 0. The van der Waals surface area contributed by atoms with E-state index in [4.69, 9.17) is 0 Å². The Labute approximate surface area is 108 Å². The monoisotopic (exact) mass is 555 g/mol. The fourth-order valence-corrected chi connectivity index (χ4v) is 0. The zero-order valence-corrected chi connectivity index (χ0v) is 13.5. The molecule has 0 aliphatic rings. The van der Waals surface area contributed by atoms with Gasteiger partial charge in [-0.1, -0.05) is 0 Å². The van der Waals surface area contributed by atoms with Crippen LogP contribution in [0.4, 0.5) is 0 Å². The van der Waals surface area contributed by atoms with Crippen molar-refractivity contribution >= 4 is 67.7 Å². The summed E-state index contributed by atoms with van der Waals surface area (Å²) < 4.78 is 0. The van der Waals surface area contributed by atoms with Crippen LogP contribution in [0.25, 0.3) is 0 Å². The van der Waals surface area contributed by atoms with Gasteiger partial charge in [0.1, 0.15) is 0 Å². The third kappa shape index (κ3) is 18.5. The van der Waals surface area contributed by atoms with E-state index in [-0.39, 0.29) is 110 Å². The normalized spacial score (nSPS) is 0. The fourth-order valence-electron chi connectivity index (χ4n) is 0. The van der Waals surface area contributed by atoms with Crippen LogP contribution in [0.3, 0.4) is 0 Å². The molecule has 0 saturated heterocycles. The van der Waals surface area contributed by atoms with Crippen molar-refractivity contribution in [3.05, 3.63) is 0 Å². The topological polar surface area (TPSA) is 0 Å². The van der Waals surface area contributed by atoms with Gasteiger partial charge < -0.3 is 2.85 Å². The van der Waals surface area contributed by atoms with Crippen molar-refractivity contribution in [2.75, 3.05) is 0 Å². The minimum Gasteiger partial charge on any atom is 0 e. The average molecular weight is 553 g/mol. The van der Waals surface area contributed by atoms with Crippen molar-refractivity contribution in [2.45, 2.75) is 0 Å². The Hall–Kier alpha value is 3.51. The smallest absolute Gasteiger partial charge is 0 e. The summed E-state index contributed by atoms with van der Waals surface area (Å²) in [5.41, 5.74) is 0. The second-order valence-corrected chi connectivity index (χ2v) is 0. The standard InChI is InChI=1S/Al.Mg.Pb.Re.Ru.7H/q;+2;;;;;;;;;2*-1. The Kier molecular flexibility index (Phi) is 202. The van der Waals surface area contributed by atoms with Gasteiger partial charge in [0.05, 0.1) is 0 Å². The molecule has 0 fully saturated rings. The van der Waals surface area contributed by atoms with Gasteiger partial charge in [-0.15, -0.1) is 0 Å². The number of hydrogen-bond acceptors (Lipinski definition) is 0. The first-order chi connectivity index (χ1) is 0. The first-order valence-corrected chi connectivity index (χ1v) is 0. The van der Waals surface area contributed by atoms with Crippen LogP contribution in [-0.4, -0.2) is 67.7 Å². The number of rotatable bonds is 0. The zero-order valence-electron chi connectivity index (χ0n) is 4.15. The van der Waals surface area contributed by atoms with Crippen LogP contribution in [0.1, 0.15) is 2.85 Å². The van der Waals surface area contributed by atoms with Crippen LogP contribution in [0.2, 0.25) is 0 Å². The molecule has 0 aromatic carbocycles. The van der Waals surface area contributed by atoms with Gasteiger partial charge in [0, 0.05) is 39.9 Å². The van der Waals surface area contributed by atoms with Gasteiger partial charge in [0.2, 0.25) is 0 Å². The summed E-state index contributed by atoms with van der Waals surface area (Å²) in [6.45, 7) is 0. The fraction of sp³-hybridized carbons (Fsp3) is 0. The van der Waals surface area contributed by atoms with Crippen LogP contribution in [0, 0.1) is 0 Å². The molecule has 0 aromatic rings. The summed E-state index contributed by atoms with van der Waals surface area (Å²) in [6.07, 6.45) is 0. The van der Waals surface area contributed by atoms with E-state index >= 15 is 0 Å². The molecule has 5 heavy (non-hydrogen) atoms. The predicted octanol–water partition coefficient (Wildman–Crippen LogP) is -2.26. The molecule has 31 valence electrons. The van der Waals surface area contributed by atoms with Gasteiger partial charge >= 0.3 is 50.4 Å². The molecule has 0 nitrogen and oxygen atoms in total. The molecule has 0 amide bonds. The van der Waals surface area contributed by atoms with Gasteiger partial charge in [0.15, 0.2) is 17.4 Å². The van der Waals surface area contributed by atoms with E-state index in [1.165, 1.54) is 0 Å².